The summed E-state index contributed by atoms with van der Waals surface area (Å²) in [6, 6.07) is 10.1. The Labute approximate surface area is 106 Å². The van der Waals surface area contributed by atoms with Crippen LogP contribution in [0, 0.1) is 0 Å². The molecule has 0 N–H and O–H groups in total. The number of hydrogen-bond acceptors (Lipinski definition) is 1. The van der Waals surface area contributed by atoms with Gasteiger partial charge in [-0.05, 0) is 47.7 Å². The normalized spacial score (nSPS) is 13.8. The van der Waals surface area contributed by atoms with Gasteiger partial charge >= 0.3 is 0 Å². The molecule has 0 unspecified atom stereocenters. The Bertz CT molecular complexity index is 602. The van der Waals surface area contributed by atoms with Gasteiger partial charge in [-0.1, -0.05) is 30.3 Å². The molecule has 1 aliphatic rings. The van der Waals surface area contributed by atoms with Gasteiger partial charge < -0.3 is 0 Å². The van der Waals surface area contributed by atoms with Crippen molar-refractivity contribution < 1.29 is 0 Å². The lowest BCUT2D eigenvalue weighted by Crippen LogP contribution is -1.93. The van der Waals surface area contributed by atoms with Crippen LogP contribution in [-0.2, 0) is 12.8 Å². The third-order valence-electron chi connectivity index (χ3n) is 3.23. The number of nitrogens with zero attached hydrogens (tertiary/aromatic N) is 1. The Morgan fingerprint density at radius 1 is 1.12 bits per heavy atom. The highest BCUT2D eigenvalue weighted by atomic mass is 35.5. The molecule has 0 atom stereocenters. The Hall–Kier alpha value is -1.60. The second kappa shape index (κ2) is 4.01. The van der Waals surface area contributed by atoms with Gasteiger partial charge in [-0.2, -0.15) is 0 Å². The van der Waals surface area contributed by atoms with Gasteiger partial charge in [-0.3, -0.25) is 4.98 Å². The summed E-state index contributed by atoms with van der Waals surface area (Å²) < 4.78 is 0. The van der Waals surface area contributed by atoms with Crippen LogP contribution in [0.15, 0.2) is 43.1 Å². The molecule has 1 aliphatic carbocycles. The van der Waals surface area contributed by atoms with E-state index in [4.69, 9.17) is 11.6 Å². The molecule has 1 heterocycles. The smallest absolute Gasteiger partial charge is 0.0734 e. The van der Waals surface area contributed by atoms with Gasteiger partial charge in [0.05, 0.1) is 5.69 Å². The quantitative estimate of drug-likeness (QED) is 0.682. The molecular formula is C15H12ClN. The van der Waals surface area contributed by atoms with Crippen molar-refractivity contribution in [3.8, 4) is 0 Å². The summed E-state index contributed by atoms with van der Waals surface area (Å²) in [4.78, 5) is 4.45. The van der Waals surface area contributed by atoms with Crippen molar-refractivity contribution in [2.75, 3.05) is 0 Å². The molecule has 1 aromatic heterocycles. The molecule has 0 saturated heterocycles. The summed E-state index contributed by atoms with van der Waals surface area (Å²) in [6.45, 7) is 4.18. The Balaban J connectivity index is 2.20. The third kappa shape index (κ3) is 1.77. The first-order valence-electron chi connectivity index (χ1n) is 5.67. The first-order valence-corrected chi connectivity index (χ1v) is 6.05. The predicted octanol–water partition coefficient (Wildman–Crippen LogP) is 3.90. The van der Waals surface area contributed by atoms with Crippen LogP contribution in [0.5, 0.6) is 0 Å². The van der Waals surface area contributed by atoms with Gasteiger partial charge in [-0.25, -0.2) is 0 Å². The molecule has 84 valence electrons. The maximum absolute atomic E-state index is 6.04. The van der Waals surface area contributed by atoms with E-state index in [1.54, 1.807) is 0 Å². The van der Waals surface area contributed by atoms with Gasteiger partial charge in [-0.15, -0.1) is 0 Å². The van der Waals surface area contributed by atoms with Gasteiger partial charge in [0, 0.05) is 16.8 Å². The van der Waals surface area contributed by atoms with Crippen LogP contribution in [0.3, 0.4) is 0 Å². The minimum atomic E-state index is 0.787. The van der Waals surface area contributed by atoms with Gasteiger partial charge in [0.25, 0.3) is 0 Å². The van der Waals surface area contributed by atoms with E-state index in [9.17, 15) is 0 Å². The number of benzene rings is 1. The molecule has 0 spiro atoms. The van der Waals surface area contributed by atoms with Crippen molar-refractivity contribution in [3.63, 3.8) is 0 Å². The van der Waals surface area contributed by atoms with Crippen LogP contribution in [0.2, 0.25) is 5.02 Å². The zero-order valence-electron chi connectivity index (χ0n) is 9.41. The highest BCUT2D eigenvalue weighted by Gasteiger charge is 2.17. The molecule has 3 rings (SSSR count). The third-order valence-corrected chi connectivity index (χ3v) is 3.47. The zero-order valence-corrected chi connectivity index (χ0v) is 10.2. The summed E-state index contributed by atoms with van der Waals surface area (Å²) in [7, 11) is 0. The molecular weight excluding hydrogens is 230 g/mol. The topological polar surface area (TPSA) is 12.9 Å². The Kier molecular flexibility index (Phi) is 2.49. The standard InChI is InChI=1S/C15H12ClN/c1-10-14-7-6-13(16)9-12(14)5-4-11-3-2-8-17-15(10)11/h2-3,6-9H,1,4-5H2. The number of aromatic nitrogens is 1. The molecule has 0 fully saturated rings. The minimum Gasteiger partial charge on any atom is -0.256 e. The second-order valence-electron chi connectivity index (χ2n) is 4.29. The summed E-state index contributed by atoms with van der Waals surface area (Å²) in [5, 5.41) is 0.787. The fourth-order valence-corrected chi connectivity index (χ4v) is 2.57. The highest BCUT2D eigenvalue weighted by molar-refractivity contribution is 6.30. The summed E-state index contributed by atoms with van der Waals surface area (Å²) in [5.41, 5.74) is 5.73. The molecule has 1 nitrogen and oxygen atoms in total. The SMILES string of the molecule is C=C1c2ccc(Cl)cc2CCc2cccnc21. The molecule has 2 aromatic rings. The van der Waals surface area contributed by atoms with Crippen LogP contribution < -0.4 is 0 Å². The lowest BCUT2D eigenvalue weighted by Gasteiger charge is -2.08. The summed E-state index contributed by atoms with van der Waals surface area (Å²) >= 11 is 6.04. The lowest BCUT2D eigenvalue weighted by molar-refractivity contribution is 0.955. The number of pyridine rings is 1. The van der Waals surface area contributed by atoms with Crippen LogP contribution in [0.25, 0.3) is 5.57 Å². The van der Waals surface area contributed by atoms with Crippen LogP contribution in [0.1, 0.15) is 22.4 Å². The van der Waals surface area contributed by atoms with Crippen molar-refractivity contribution in [1.29, 1.82) is 0 Å². The molecule has 2 heteroatoms. The monoisotopic (exact) mass is 241 g/mol. The number of aryl methyl sites for hydroxylation is 2. The van der Waals surface area contributed by atoms with E-state index in [-0.39, 0.29) is 0 Å². The van der Waals surface area contributed by atoms with Crippen molar-refractivity contribution in [3.05, 3.63) is 70.5 Å². The number of rotatable bonds is 0. The van der Waals surface area contributed by atoms with Crippen LogP contribution in [0.4, 0.5) is 0 Å². The fourth-order valence-electron chi connectivity index (χ4n) is 2.37. The molecule has 17 heavy (non-hydrogen) atoms. The van der Waals surface area contributed by atoms with Crippen molar-refractivity contribution >= 4 is 17.2 Å². The van der Waals surface area contributed by atoms with E-state index in [0.717, 1.165) is 29.1 Å². The first-order chi connectivity index (χ1) is 8.25. The average molecular weight is 242 g/mol. The van der Waals surface area contributed by atoms with E-state index in [1.165, 1.54) is 16.7 Å². The van der Waals surface area contributed by atoms with Gasteiger partial charge in [0.15, 0.2) is 0 Å². The Morgan fingerprint density at radius 2 is 1.94 bits per heavy atom. The van der Waals surface area contributed by atoms with E-state index in [0.29, 0.717) is 0 Å². The number of fused-ring (bicyclic) bond motifs is 2. The number of hydrogen-bond donors (Lipinski definition) is 0. The maximum Gasteiger partial charge on any atom is 0.0734 e. The summed E-state index contributed by atoms with van der Waals surface area (Å²) in [5.74, 6) is 0. The van der Waals surface area contributed by atoms with Gasteiger partial charge in [0.2, 0.25) is 0 Å². The van der Waals surface area contributed by atoms with Crippen molar-refractivity contribution in [2.45, 2.75) is 12.8 Å². The maximum atomic E-state index is 6.04. The number of halogens is 1. The second-order valence-corrected chi connectivity index (χ2v) is 4.73. The van der Waals surface area contributed by atoms with E-state index in [2.05, 4.69) is 17.6 Å². The van der Waals surface area contributed by atoms with Crippen LogP contribution >= 0.6 is 11.6 Å². The van der Waals surface area contributed by atoms with E-state index in [1.807, 2.05) is 30.5 Å². The van der Waals surface area contributed by atoms with Crippen molar-refractivity contribution in [2.24, 2.45) is 0 Å². The van der Waals surface area contributed by atoms with Crippen molar-refractivity contribution in [1.82, 2.24) is 4.98 Å². The van der Waals surface area contributed by atoms with Crippen LogP contribution in [-0.4, -0.2) is 4.98 Å². The minimum absolute atomic E-state index is 0.787. The predicted molar refractivity (Wildman–Crippen MR) is 71.2 cm³/mol. The lowest BCUT2D eigenvalue weighted by atomic mass is 9.99. The Morgan fingerprint density at radius 3 is 2.82 bits per heavy atom. The highest BCUT2D eigenvalue weighted by Crippen LogP contribution is 2.32. The van der Waals surface area contributed by atoms with E-state index < -0.39 is 0 Å². The molecule has 0 saturated carbocycles. The molecule has 1 aromatic carbocycles. The van der Waals surface area contributed by atoms with Gasteiger partial charge in [0.1, 0.15) is 0 Å². The molecule has 0 aliphatic heterocycles. The fraction of sp³-hybridized carbons (Fsp3) is 0.133. The largest absolute Gasteiger partial charge is 0.256 e. The molecule has 0 bridgehead atoms. The average Bonchev–Trinajstić information content (AvgIpc) is 2.48. The molecule has 0 amide bonds. The summed E-state index contributed by atoms with van der Waals surface area (Å²) in [6.07, 6.45) is 3.81. The molecule has 0 radical (unpaired) electrons. The first kappa shape index (κ1) is 10.5. The zero-order chi connectivity index (χ0) is 11.8. The van der Waals surface area contributed by atoms with E-state index >= 15 is 0 Å².